The van der Waals surface area contributed by atoms with E-state index in [1.54, 1.807) is 0 Å². The first-order valence-electron chi connectivity index (χ1n) is 10.6. The van der Waals surface area contributed by atoms with Crippen LogP contribution in [0.5, 0.6) is 5.75 Å². The Kier molecular flexibility index (Phi) is 7.85. The normalized spacial score (nSPS) is 14.4. The van der Waals surface area contributed by atoms with E-state index in [-0.39, 0.29) is 11.8 Å². The lowest BCUT2D eigenvalue weighted by Gasteiger charge is -2.34. The van der Waals surface area contributed by atoms with E-state index in [2.05, 4.69) is 17.1 Å². The molecular weight excluding hydrogens is 378 g/mol. The lowest BCUT2D eigenvalue weighted by Crippen LogP contribution is -2.50. The minimum absolute atomic E-state index is 0.0118. The molecule has 1 heterocycles. The lowest BCUT2D eigenvalue weighted by molar-refractivity contribution is -0.133. The Hall–Kier alpha value is -2.86. The van der Waals surface area contributed by atoms with Crippen molar-refractivity contribution in [3.05, 3.63) is 59.7 Å². The molecule has 0 saturated carbocycles. The lowest BCUT2D eigenvalue weighted by atomic mass is 10.1. The van der Waals surface area contributed by atoms with Crippen LogP contribution >= 0.6 is 0 Å². The standard InChI is InChI=1S/C24H31N3O3/c1-3-20-8-4-5-10-22(20)25-23(28)18-26-12-14-27(15-13-26)24(29)11-16-30-21-9-6-7-19(2)17-21/h4-10,17H,3,11-16,18H2,1-2H3,(H,25,28). The van der Waals surface area contributed by atoms with Gasteiger partial charge in [-0.2, -0.15) is 0 Å². The van der Waals surface area contributed by atoms with Gasteiger partial charge in [-0.25, -0.2) is 0 Å². The highest BCUT2D eigenvalue weighted by Gasteiger charge is 2.22. The maximum absolute atomic E-state index is 12.4. The average molecular weight is 410 g/mol. The van der Waals surface area contributed by atoms with Gasteiger partial charge in [0.15, 0.2) is 0 Å². The number of carbonyl (C=O) groups excluding carboxylic acids is 2. The van der Waals surface area contributed by atoms with Gasteiger partial charge in [0.25, 0.3) is 0 Å². The van der Waals surface area contributed by atoms with E-state index < -0.39 is 0 Å². The Morgan fingerprint density at radius 3 is 2.53 bits per heavy atom. The van der Waals surface area contributed by atoms with Crippen molar-refractivity contribution in [1.29, 1.82) is 0 Å². The van der Waals surface area contributed by atoms with Crippen molar-refractivity contribution in [3.8, 4) is 5.75 Å². The fourth-order valence-electron chi connectivity index (χ4n) is 3.62. The van der Waals surface area contributed by atoms with Crippen LogP contribution in [0.15, 0.2) is 48.5 Å². The molecule has 160 valence electrons. The van der Waals surface area contributed by atoms with Crippen molar-refractivity contribution in [2.24, 2.45) is 0 Å². The number of amides is 2. The van der Waals surface area contributed by atoms with Gasteiger partial charge in [-0.15, -0.1) is 0 Å². The molecule has 0 aromatic heterocycles. The summed E-state index contributed by atoms with van der Waals surface area (Å²) >= 11 is 0. The fourth-order valence-corrected chi connectivity index (χ4v) is 3.62. The number of ether oxygens (including phenoxy) is 1. The minimum atomic E-state index is -0.0118. The summed E-state index contributed by atoms with van der Waals surface area (Å²) in [4.78, 5) is 28.8. The average Bonchev–Trinajstić information content (AvgIpc) is 2.74. The summed E-state index contributed by atoms with van der Waals surface area (Å²) in [5, 5.41) is 3.01. The van der Waals surface area contributed by atoms with Gasteiger partial charge < -0.3 is 15.0 Å². The molecule has 6 heteroatoms. The SMILES string of the molecule is CCc1ccccc1NC(=O)CN1CCN(C(=O)CCOc2cccc(C)c2)CC1. The van der Waals surface area contributed by atoms with Crippen LogP contribution in [0.4, 0.5) is 5.69 Å². The number of para-hydroxylation sites is 1. The summed E-state index contributed by atoms with van der Waals surface area (Å²) in [6, 6.07) is 15.7. The van der Waals surface area contributed by atoms with Gasteiger partial charge in [0.05, 0.1) is 19.6 Å². The predicted octanol–water partition coefficient (Wildman–Crippen LogP) is 3.11. The summed E-state index contributed by atoms with van der Waals surface area (Å²) in [5.74, 6) is 0.883. The molecule has 3 rings (SSSR count). The fraction of sp³-hybridized carbons (Fsp3) is 0.417. The van der Waals surface area contributed by atoms with Crippen LogP contribution in [-0.4, -0.2) is 60.9 Å². The molecule has 2 aromatic rings. The molecule has 0 spiro atoms. The Labute approximate surface area is 178 Å². The second kappa shape index (κ2) is 10.8. The molecule has 1 N–H and O–H groups in total. The molecular formula is C24H31N3O3. The first kappa shape index (κ1) is 21.8. The number of aryl methyl sites for hydroxylation is 2. The van der Waals surface area contributed by atoms with Crippen LogP contribution in [0.25, 0.3) is 0 Å². The summed E-state index contributed by atoms with van der Waals surface area (Å²) in [6.07, 6.45) is 1.24. The molecule has 30 heavy (non-hydrogen) atoms. The zero-order valence-electron chi connectivity index (χ0n) is 17.9. The highest BCUT2D eigenvalue weighted by atomic mass is 16.5. The highest BCUT2D eigenvalue weighted by Crippen LogP contribution is 2.16. The maximum Gasteiger partial charge on any atom is 0.238 e. The van der Waals surface area contributed by atoms with Crippen LogP contribution in [0.1, 0.15) is 24.5 Å². The molecule has 2 aromatic carbocycles. The van der Waals surface area contributed by atoms with Crippen LogP contribution in [-0.2, 0) is 16.0 Å². The van der Waals surface area contributed by atoms with E-state index in [0.717, 1.165) is 29.0 Å². The molecule has 0 radical (unpaired) electrons. The number of hydrogen-bond donors (Lipinski definition) is 1. The first-order valence-corrected chi connectivity index (χ1v) is 10.6. The topological polar surface area (TPSA) is 61.9 Å². The van der Waals surface area contributed by atoms with Crippen molar-refractivity contribution < 1.29 is 14.3 Å². The Balaban J connectivity index is 1.37. The van der Waals surface area contributed by atoms with Gasteiger partial charge in [0, 0.05) is 31.9 Å². The van der Waals surface area contributed by atoms with E-state index in [0.29, 0.717) is 45.8 Å². The number of anilines is 1. The Morgan fingerprint density at radius 2 is 1.80 bits per heavy atom. The van der Waals surface area contributed by atoms with Crippen molar-refractivity contribution in [1.82, 2.24) is 9.80 Å². The molecule has 1 aliphatic rings. The van der Waals surface area contributed by atoms with Crippen LogP contribution < -0.4 is 10.1 Å². The van der Waals surface area contributed by atoms with Crippen molar-refractivity contribution in [3.63, 3.8) is 0 Å². The molecule has 0 aliphatic carbocycles. The van der Waals surface area contributed by atoms with Gasteiger partial charge >= 0.3 is 0 Å². The number of nitrogens with one attached hydrogen (secondary N) is 1. The third-order valence-corrected chi connectivity index (χ3v) is 5.34. The molecule has 6 nitrogen and oxygen atoms in total. The number of piperazine rings is 1. The van der Waals surface area contributed by atoms with Crippen LogP contribution in [0.2, 0.25) is 0 Å². The molecule has 0 unspecified atom stereocenters. The third kappa shape index (κ3) is 6.32. The maximum atomic E-state index is 12.4. The van der Waals surface area contributed by atoms with Crippen molar-refractivity contribution in [2.45, 2.75) is 26.7 Å². The van der Waals surface area contributed by atoms with E-state index in [4.69, 9.17) is 4.74 Å². The van der Waals surface area contributed by atoms with Gasteiger partial charge in [0.2, 0.25) is 11.8 Å². The van der Waals surface area contributed by atoms with E-state index in [1.165, 1.54) is 0 Å². The molecule has 0 atom stereocenters. The minimum Gasteiger partial charge on any atom is -0.493 e. The summed E-state index contributed by atoms with van der Waals surface area (Å²) in [5.41, 5.74) is 3.15. The molecule has 2 amide bonds. The largest absolute Gasteiger partial charge is 0.493 e. The van der Waals surface area contributed by atoms with E-state index >= 15 is 0 Å². The molecule has 1 fully saturated rings. The highest BCUT2D eigenvalue weighted by molar-refractivity contribution is 5.93. The number of carbonyl (C=O) groups is 2. The second-order valence-electron chi connectivity index (χ2n) is 7.63. The number of benzene rings is 2. The van der Waals surface area contributed by atoms with Crippen LogP contribution in [0.3, 0.4) is 0 Å². The summed E-state index contributed by atoms with van der Waals surface area (Å²) in [7, 11) is 0. The van der Waals surface area contributed by atoms with Crippen molar-refractivity contribution in [2.75, 3.05) is 44.6 Å². The van der Waals surface area contributed by atoms with E-state index in [1.807, 2.05) is 60.4 Å². The predicted molar refractivity (Wildman–Crippen MR) is 119 cm³/mol. The van der Waals surface area contributed by atoms with E-state index in [9.17, 15) is 9.59 Å². The van der Waals surface area contributed by atoms with Crippen LogP contribution in [0, 0.1) is 6.92 Å². The van der Waals surface area contributed by atoms with Gasteiger partial charge in [-0.05, 0) is 42.7 Å². The molecule has 1 aliphatic heterocycles. The zero-order valence-corrected chi connectivity index (χ0v) is 17.9. The van der Waals surface area contributed by atoms with Gasteiger partial charge in [-0.1, -0.05) is 37.3 Å². The van der Waals surface area contributed by atoms with Gasteiger partial charge in [0.1, 0.15) is 5.75 Å². The number of hydrogen-bond acceptors (Lipinski definition) is 4. The number of nitrogens with zero attached hydrogens (tertiary/aromatic N) is 2. The smallest absolute Gasteiger partial charge is 0.238 e. The summed E-state index contributed by atoms with van der Waals surface area (Å²) < 4.78 is 5.69. The first-order chi connectivity index (χ1) is 14.5. The molecule has 1 saturated heterocycles. The Morgan fingerprint density at radius 1 is 1.03 bits per heavy atom. The summed E-state index contributed by atoms with van der Waals surface area (Å²) in [6.45, 7) is 7.50. The van der Waals surface area contributed by atoms with Gasteiger partial charge in [-0.3, -0.25) is 14.5 Å². The zero-order chi connectivity index (χ0) is 21.3. The molecule has 0 bridgehead atoms. The number of rotatable bonds is 8. The Bertz CT molecular complexity index is 860. The third-order valence-electron chi connectivity index (χ3n) is 5.34. The monoisotopic (exact) mass is 409 g/mol. The quantitative estimate of drug-likeness (QED) is 0.728. The van der Waals surface area contributed by atoms with Crippen molar-refractivity contribution >= 4 is 17.5 Å². The second-order valence-corrected chi connectivity index (χ2v) is 7.63.